The third-order valence-electron chi connectivity index (χ3n) is 4.86. The van der Waals surface area contributed by atoms with Crippen molar-refractivity contribution in [2.45, 2.75) is 51.6 Å². The van der Waals surface area contributed by atoms with Crippen LogP contribution < -0.4 is 14.8 Å². The summed E-state index contributed by atoms with van der Waals surface area (Å²) in [6, 6.07) is 3.59. The molecule has 0 atom stereocenters. The molecule has 4 rings (SSSR count). The fourth-order valence-corrected chi connectivity index (χ4v) is 3.78. The Labute approximate surface area is 163 Å². The zero-order chi connectivity index (χ0) is 18.6. The number of carbonyl (C=O) groups excluding carboxylic acids is 1. The molecule has 2 aromatic rings. The highest BCUT2D eigenvalue weighted by atomic mass is 35.5. The molecule has 3 heterocycles. The summed E-state index contributed by atoms with van der Waals surface area (Å²) < 4.78 is 13.4. The third-order valence-corrected chi connectivity index (χ3v) is 5.14. The topological polar surface area (TPSA) is 78.3 Å². The zero-order valence-corrected chi connectivity index (χ0v) is 15.9. The molecule has 8 heteroatoms. The number of nitrogens with one attached hydrogen (secondary N) is 1. The van der Waals surface area contributed by atoms with Gasteiger partial charge in [-0.2, -0.15) is 0 Å². The van der Waals surface area contributed by atoms with Crippen LogP contribution in [0.2, 0.25) is 5.02 Å². The number of aryl methyl sites for hydroxylation is 1. The van der Waals surface area contributed by atoms with Crippen LogP contribution in [0.3, 0.4) is 0 Å². The van der Waals surface area contributed by atoms with Crippen LogP contribution in [0.1, 0.15) is 42.9 Å². The zero-order valence-electron chi connectivity index (χ0n) is 15.2. The number of rotatable bonds is 4. The summed E-state index contributed by atoms with van der Waals surface area (Å²) in [5.74, 6) is 2.91. The van der Waals surface area contributed by atoms with Crippen molar-refractivity contribution in [2.24, 2.45) is 0 Å². The number of ether oxygens (including phenoxy) is 2. The molecule has 0 saturated carbocycles. The van der Waals surface area contributed by atoms with Crippen molar-refractivity contribution in [1.82, 2.24) is 20.1 Å². The third kappa shape index (κ3) is 4.18. The number of hydrogen-bond donors (Lipinski definition) is 1. The monoisotopic (exact) mass is 390 g/mol. The summed E-state index contributed by atoms with van der Waals surface area (Å²) in [5.41, 5.74) is 0.793. The van der Waals surface area contributed by atoms with Gasteiger partial charge in [-0.3, -0.25) is 4.79 Å². The quantitative estimate of drug-likeness (QED) is 0.868. The van der Waals surface area contributed by atoms with Crippen LogP contribution in [0.25, 0.3) is 0 Å². The largest absolute Gasteiger partial charge is 0.489 e. The molecule has 2 aliphatic rings. The highest BCUT2D eigenvalue weighted by Crippen LogP contribution is 2.38. The second-order valence-corrected chi connectivity index (χ2v) is 7.31. The Kier molecular flexibility index (Phi) is 5.48. The van der Waals surface area contributed by atoms with Gasteiger partial charge in [0.1, 0.15) is 5.82 Å². The normalized spacial score (nSPS) is 16.2. The maximum atomic E-state index is 12.4. The van der Waals surface area contributed by atoms with E-state index in [1.54, 1.807) is 6.07 Å². The van der Waals surface area contributed by atoms with E-state index in [4.69, 9.17) is 21.1 Å². The van der Waals surface area contributed by atoms with E-state index in [1.165, 1.54) is 6.42 Å². The van der Waals surface area contributed by atoms with Crippen molar-refractivity contribution in [3.05, 3.63) is 34.4 Å². The number of amides is 1. The van der Waals surface area contributed by atoms with Crippen molar-refractivity contribution < 1.29 is 14.3 Å². The molecule has 0 aliphatic carbocycles. The van der Waals surface area contributed by atoms with Crippen molar-refractivity contribution in [1.29, 1.82) is 0 Å². The summed E-state index contributed by atoms with van der Waals surface area (Å²) >= 11 is 6.30. The number of hydrogen-bond acceptors (Lipinski definition) is 5. The lowest BCUT2D eigenvalue weighted by Gasteiger charge is -2.12. The van der Waals surface area contributed by atoms with Gasteiger partial charge in [0.2, 0.25) is 5.91 Å². The summed E-state index contributed by atoms with van der Waals surface area (Å²) in [5, 5.41) is 11.9. The number of benzene rings is 1. The van der Waals surface area contributed by atoms with Gasteiger partial charge in [-0.05, 0) is 30.5 Å². The predicted octanol–water partition coefficient (Wildman–Crippen LogP) is 2.68. The van der Waals surface area contributed by atoms with Gasteiger partial charge in [0.25, 0.3) is 0 Å². The molecule has 1 N–H and O–H groups in total. The maximum Gasteiger partial charge on any atom is 0.224 e. The van der Waals surface area contributed by atoms with Crippen LogP contribution in [0.4, 0.5) is 0 Å². The average Bonchev–Trinajstić information content (AvgIpc) is 2.83. The van der Waals surface area contributed by atoms with E-state index in [0.29, 0.717) is 36.3 Å². The van der Waals surface area contributed by atoms with Crippen molar-refractivity contribution in [3.63, 3.8) is 0 Å². The van der Waals surface area contributed by atoms with Crippen molar-refractivity contribution in [2.75, 3.05) is 13.2 Å². The molecule has 0 fully saturated rings. The standard InChI is InChI=1S/C19H23ClN4O3/c20-14-9-13(10-15-19(14)27-8-4-7-26-15)11-18(25)21-12-17-23-22-16-5-2-1-3-6-24(16)17/h9-10H,1-8,11-12H2,(H,21,25). The van der Waals surface area contributed by atoms with Crippen LogP contribution in [0.15, 0.2) is 12.1 Å². The minimum atomic E-state index is -0.0912. The molecule has 0 spiro atoms. The number of fused-ring (bicyclic) bond motifs is 2. The fourth-order valence-electron chi connectivity index (χ4n) is 3.49. The molecular weight excluding hydrogens is 368 g/mol. The average molecular weight is 391 g/mol. The van der Waals surface area contributed by atoms with E-state index >= 15 is 0 Å². The number of halogens is 1. The Morgan fingerprint density at radius 2 is 2.04 bits per heavy atom. The summed E-state index contributed by atoms with van der Waals surface area (Å²) in [6.07, 6.45) is 5.47. The summed E-state index contributed by atoms with van der Waals surface area (Å²) in [4.78, 5) is 12.4. The Balaban J connectivity index is 1.39. The Bertz CT molecular complexity index is 837. The number of aromatic nitrogens is 3. The number of nitrogens with zero attached hydrogens (tertiary/aromatic N) is 3. The van der Waals surface area contributed by atoms with Gasteiger partial charge in [-0.25, -0.2) is 0 Å². The lowest BCUT2D eigenvalue weighted by atomic mass is 10.1. The van der Waals surface area contributed by atoms with Gasteiger partial charge in [0, 0.05) is 19.4 Å². The molecule has 0 unspecified atom stereocenters. The lowest BCUT2D eigenvalue weighted by molar-refractivity contribution is -0.120. The first kappa shape index (κ1) is 18.1. The first-order valence-electron chi connectivity index (χ1n) is 9.46. The second-order valence-electron chi connectivity index (χ2n) is 6.90. The molecule has 27 heavy (non-hydrogen) atoms. The number of carbonyl (C=O) groups is 1. The van der Waals surface area contributed by atoms with Gasteiger partial charge in [0.05, 0.1) is 31.2 Å². The first-order chi connectivity index (χ1) is 13.2. The molecule has 0 bridgehead atoms. The van der Waals surface area contributed by atoms with Crippen molar-refractivity contribution in [3.8, 4) is 11.5 Å². The van der Waals surface area contributed by atoms with E-state index in [-0.39, 0.29) is 12.3 Å². The van der Waals surface area contributed by atoms with Gasteiger partial charge < -0.3 is 19.4 Å². The smallest absolute Gasteiger partial charge is 0.224 e. The first-order valence-corrected chi connectivity index (χ1v) is 9.84. The van der Waals surface area contributed by atoms with Gasteiger partial charge in [-0.15, -0.1) is 10.2 Å². The van der Waals surface area contributed by atoms with Gasteiger partial charge in [-0.1, -0.05) is 18.0 Å². The molecule has 2 aliphatic heterocycles. The lowest BCUT2D eigenvalue weighted by Crippen LogP contribution is -2.26. The summed E-state index contributed by atoms with van der Waals surface area (Å²) in [6.45, 7) is 2.46. The Morgan fingerprint density at radius 3 is 2.96 bits per heavy atom. The highest BCUT2D eigenvalue weighted by molar-refractivity contribution is 6.32. The van der Waals surface area contributed by atoms with E-state index in [2.05, 4.69) is 20.1 Å². The van der Waals surface area contributed by atoms with E-state index < -0.39 is 0 Å². The van der Waals surface area contributed by atoms with E-state index in [9.17, 15) is 4.79 Å². The minimum Gasteiger partial charge on any atom is -0.489 e. The Hall–Kier alpha value is -2.28. The van der Waals surface area contributed by atoms with Crippen LogP contribution >= 0.6 is 11.6 Å². The molecule has 144 valence electrons. The molecule has 1 aromatic heterocycles. The molecule has 1 amide bonds. The SMILES string of the molecule is O=C(Cc1cc(Cl)c2c(c1)OCCCO2)NCc1nnc2n1CCCCC2. The van der Waals surface area contributed by atoms with E-state index in [1.807, 2.05) is 6.07 Å². The molecule has 1 aromatic carbocycles. The fraction of sp³-hybridized carbons (Fsp3) is 0.526. The van der Waals surface area contributed by atoms with Crippen LogP contribution in [0, 0.1) is 0 Å². The minimum absolute atomic E-state index is 0.0912. The van der Waals surface area contributed by atoms with Crippen LogP contribution in [-0.2, 0) is 30.7 Å². The highest BCUT2D eigenvalue weighted by Gasteiger charge is 2.18. The molecule has 0 saturated heterocycles. The molecule has 0 radical (unpaired) electrons. The summed E-state index contributed by atoms with van der Waals surface area (Å²) in [7, 11) is 0. The second kappa shape index (κ2) is 8.17. The predicted molar refractivity (Wildman–Crippen MR) is 100 cm³/mol. The van der Waals surface area contributed by atoms with E-state index in [0.717, 1.165) is 49.4 Å². The molecular formula is C19H23ClN4O3. The maximum absolute atomic E-state index is 12.4. The van der Waals surface area contributed by atoms with Gasteiger partial charge in [0.15, 0.2) is 17.3 Å². The van der Waals surface area contributed by atoms with Crippen LogP contribution in [-0.4, -0.2) is 33.9 Å². The van der Waals surface area contributed by atoms with Gasteiger partial charge >= 0.3 is 0 Å². The van der Waals surface area contributed by atoms with Crippen LogP contribution in [0.5, 0.6) is 11.5 Å². The van der Waals surface area contributed by atoms with Crippen molar-refractivity contribution >= 4 is 17.5 Å². The molecule has 7 nitrogen and oxygen atoms in total. The Morgan fingerprint density at radius 1 is 1.15 bits per heavy atom.